The molecule has 0 unspecified atom stereocenters. The van der Waals surface area contributed by atoms with E-state index in [1.807, 2.05) is 4.90 Å². The van der Waals surface area contributed by atoms with Gasteiger partial charge in [-0.05, 0) is 36.4 Å². The van der Waals surface area contributed by atoms with Crippen LogP contribution in [-0.4, -0.2) is 59.3 Å². The summed E-state index contributed by atoms with van der Waals surface area (Å²) in [5.41, 5.74) is 0.710. The molecule has 0 atom stereocenters. The Morgan fingerprint density at radius 2 is 1.93 bits per heavy atom. The predicted molar refractivity (Wildman–Crippen MR) is 111 cm³/mol. The third-order valence-corrected chi connectivity index (χ3v) is 6.79. The summed E-state index contributed by atoms with van der Waals surface area (Å²) in [5.74, 6) is -1.09. The number of nitrogens with zero attached hydrogens (tertiary/aromatic N) is 2. The fraction of sp³-hybridized carbons (Fsp3) is 0.316. The maximum Gasteiger partial charge on any atom is 0.266 e. The van der Waals surface area contributed by atoms with Crippen LogP contribution in [0.2, 0.25) is 5.02 Å². The number of halogens is 2. The van der Waals surface area contributed by atoms with Crippen LogP contribution in [-0.2, 0) is 19.6 Å². The maximum atomic E-state index is 14.5. The molecule has 0 aromatic heterocycles. The van der Waals surface area contributed by atoms with Crippen molar-refractivity contribution in [3.05, 3.63) is 52.8 Å². The second-order valence-corrected chi connectivity index (χ2v) is 8.77. The smallest absolute Gasteiger partial charge is 0.266 e. The molecule has 1 saturated heterocycles. The molecule has 1 N–H and O–H groups in total. The number of morpholine rings is 1. The highest BCUT2D eigenvalue weighted by molar-refractivity contribution is 7.89. The highest BCUT2D eigenvalue weighted by Crippen LogP contribution is 2.27. The van der Waals surface area contributed by atoms with Gasteiger partial charge < -0.3 is 15.0 Å². The minimum absolute atomic E-state index is 0.0418. The van der Waals surface area contributed by atoms with Crippen LogP contribution in [0.15, 0.2) is 41.3 Å². The third kappa shape index (κ3) is 4.73. The topological polar surface area (TPSA) is 88.2 Å². The van der Waals surface area contributed by atoms with E-state index in [1.165, 1.54) is 32.4 Å². The lowest BCUT2D eigenvalue weighted by molar-refractivity contribution is -0.0258. The van der Waals surface area contributed by atoms with Crippen molar-refractivity contribution in [1.29, 1.82) is 0 Å². The summed E-state index contributed by atoms with van der Waals surface area (Å²) in [4.78, 5) is 18.9. The maximum absolute atomic E-state index is 14.5. The van der Waals surface area contributed by atoms with Gasteiger partial charge in [-0.1, -0.05) is 16.1 Å². The first-order chi connectivity index (χ1) is 14.2. The van der Waals surface area contributed by atoms with Gasteiger partial charge in [-0.2, -0.15) is 0 Å². The van der Waals surface area contributed by atoms with Crippen molar-refractivity contribution in [2.24, 2.45) is 0 Å². The Balaban J connectivity index is 1.81. The summed E-state index contributed by atoms with van der Waals surface area (Å²) in [5, 5.41) is 2.51. The van der Waals surface area contributed by atoms with Crippen LogP contribution in [0, 0.1) is 5.82 Å². The average Bonchev–Trinajstić information content (AvgIpc) is 2.74. The summed E-state index contributed by atoms with van der Waals surface area (Å²) in [6.07, 6.45) is 0. The van der Waals surface area contributed by atoms with Crippen molar-refractivity contribution in [2.75, 3.05) is 50.7 Å². The number of ether oxygens (including phenoxy) is 1. The Morgan fingerprint density at radius 1 is 1.23 bits per heavy atom. The fourth-order valence-corrected chi connectivity index (χ4v) is 4.40. The number of nitrogens with one attached hydrogen (secondary N) is 1. The molecule has 2 aromatic carbocycles. The Labute approximate surface area is 179 Å². The molecule has 1 heterocycles. The number of carbonyl (C=O) groups is 1. The van der Waals surface area contributed by atoms with Crippen LogP contribution < -0.4 is 10.2 Å². The average molecular weight is 458 g/mol. The number of sulfonamides is 1. The van der Waals surface area contributed by atoms with Gasteiger partial charge in [0.2, 0.25) is 0 Å². The van der Waals surface area contributed by atoms with E-state index in [0.29, 0.717) is 36.5 Å². The van der Waals surface area contributed by atoms with Crippen molar-refractivity contribution >= 4 is 38.9 Å². The van der Waals surface area contributed by atoms with Crippen LogP contribution in [0.4, 0.5) is 15.8 Å². The quantitative estimate of drug-likeness (QED) is 0.671. The van der Waals surface area contributed by atoms with Gasteiger partial charge in [-0.25, -0.2) is 12.8 Å². The fourth-order valence-electron chi connectivity index (χ4n) is 2.93. The zero-order valence-electron chi connectivity index (χ0n) is 16.4. The lowest BCUT2D eigenvalue weighted by Crippen LogP contribution is -2.36. The summed E-state index contributed by atoms with van der Waals surface area (Å²) in [6, 6.07) is 8.20. The molecule has 1 aliphatic heterocycles. The van der Waals surface area contributed by atoms with E-state index in [-0.39, 0.29) is 21.2 Å². The number of amides is 1. The number of rotatable bonds is 6. The molecule has 8 nitrogen and oxygen atoms in total. The zero-order chi connectivity index (χ0) is 21.9. The molecule has 1 aliphatic rings. The van der Waals surface area contributed by atoms with Crippen LogP contribution in [0.1, 0.15) is 10.4 Å². The monoisotopic (exact) mass is 457 g/mol. The van der Waals surface area contributed by atoms with Crippen LogP contribution in [0.3, 0.4) is 0 Å². The highest BCUT2D eigenvalue weighted by atomic mass is 35.5. The molecule has 1 amide bonds. The van der Waals surface area contributed by atoms with Gasteiger partial charge >= 0.3 is 0 Å². The first-order valence-electron chi connectivity index (χ1n) is 9.00. The molecule has 1 fully saturated rings. The van der Waals surface area contributed by atoms with E-state index in [0.717, 1.165) is 6.07 Å². The number of hydrogen-bond acceptors (Lipinski definition) is 6. The minimum Gasteiger partial charge on any atom is -0.378 e. The molecule has 0 aliphatic carbocycles. The van der Waals surface area contributed by atoms with Crippen molar-refractivity contribution < 1.29 is 27.2 Å². The van der Waals surface area contributed by atoms with E-state index < -0.39 is 21.7 Å². The summed E-state index contributed by atoms with van der Waals surface area (Å²) < 4.78 is 45.4. The number of hydroxylamine groups is 1. The van der Waals surface area contributed by atoms with E-state index in [2.05, 4.69) is 5.32 Å². The Morgan fingerprint density at radius 3 is 2.57 bits per heavy atom. The van der Waals surface area contributed by atoms with E-state index in [9.17, 15) is 17.6 Å². The summed E-state index contributed by atoms with van der Waals surface area (Å²) in [6.45, 7) is 2.22. The van der Waals surface area contributed by atoms with Gasteiger partial charge in [0.25, 0.3) is 15.9 Å². The molecule has 0 radical (unpaired) electrons. The number of hydrogen-bond donors (Lipinski definition) is 1. The zero-order valence-corrected chi connectivity index (χ0v) is 18.0. The van der Waals surface area contributed by atoms with Gasteiger partial charge in [0.1, 0.15) is 10.7 Å². The summed E-state index contributed by atoms with van der Waals surface area (Å²) >= 11 is 6.00. The number of carbonyl (C=O) groups excluding carboxylic acids is 1. The van der Waals surface area contributed by atoms with Gasteiger partial charge in [0.05, 0.1) is 31.0 Å². The van der Waals surface area contributed by atoms with Crippen molar-refractivity contribution in [2.45, 2.75) is 4.90 Å². The SMILES string of the molecule is CON(C)S(=O)(=O)c1cc(C(=O)Nc2ccc(N3CCOCC3)c(F)c2)ccc1Cl. The van der Waals surface area contributed by atoms with Gasteiger partial charge in [-0.15, -0.1) is 0 Å². The number of benzene rings is 2. The standard InChI is InChI=1S/C19H21ClFN3O5S/c1-23(28-2)30(26,27)18-11-13(3-5-15(18)20)19(25)22-14-4-6-17(16(21)12-14)24-7-9-29-10-8-24/h3-6,11-12H,7-10H2,1-2H3,(H,22,25). The second kappa shape index (κ2) is 9.27. The lowest BCUT2D eigenvalue weighted by atomic mass is 10.2. The molecule has 2 aromatic rings. The van der Waals surface area contributed by atoms with Crippen LogP contribution in [0.5, 0.6) is 0 Å². The molecule has 0 saturated carbocycles. The third-order valence-electron chi connectivity index (χ3n) is 4.62. The highest BCUT2D eigenvalue weighted by Gasteiger charge is 2.25. The lowest BCUT2D eigenvalue weighted by Gasteiger charge is -2.29. The van der Waals surface area contributed by atoms with Gasteiger partial charge in [0.15, 0.2) is 0 Å². The summed E-state index contributed by atoms with van der Waals surface area (Å²) in [7, 11) is -1.65. The van der Waals surface area contributed by atoms with Crippen molar-refractivity contribution in [3.8, 4) is 0 Å². The molecular formula is C19H21ClFN3O5S. The molecule has 162 valence electrons. The molecule has 0 bridgehead atoms. The Bertz CT molecular complexity index is 1040. The molecule has 3 rings (SSSR count). The second-order valence-electron chi connectivity index (χ2n) is 6.46. The molecular weight excluding hydrogens is 437 g/mol. The first kappa shape index (κ1) is 22.4. The van der Waals surface area contributed by atoms with Crippen LogP contribution >= 0.6 is 11.6 Å². The number of anilines is 2. The van der Waals surface area contributed by atoms with Crippen molar-refractivity contribution in [3.63, 3.8) is 0 Å². The van der Waals surface area contributed by atoms with E-state index in [4.69, 9.17) is 21.2 Å². The molecule has 11 heteroatoms. The largest absolute Gasteiger partial charge is 0.378 e. The van der Waals surface area contributed by atoms with Gasteiger partial charge in [0, 0.05) is 31.4 Å². The first-order valence-corrected chi connectivity index (χ1v) is 10.8. The predicted octanol–water partition coefficient (Wildman–Crippen LogP) is 2.75. The Hall–Kier alpha value is -2.24. The van der Waals surface area contributed by atoms with E-state index in [1.54, 1.807) is 12.1 Å². The van der Waals surface area contributed by atoms with Crippen molar-refractivity contribution in [1.82, 2.24) is 4.47 Å². The van der Waals surface area contributed by atoms with E-state index >= 15 is 0 Å². The molecule has 30 heavy (non-hydrogen) atoms. The van der Waals surface area contributed by atoms with Crippen LogP contribution in [0.25, 0.3) is 0 Å². The molecule has 0 spiro atoms. The van der Waals surface area contributed by atoms with Gasteiger partial charge in [-0.3, -0.25) is 9.63 Å². The minimum atomic E-state index is -4.05. The normalized spacial score (nSPS) is 14.8. The Kier molecular flexibility index (Phi) is 6.94.